The quantitative estimate of drug-likeness (QED) is 0.407. The molecule has 0 radical (unpaired) electrons. The number of aliphatic hydroxyl groups excluding tert-OH is 1. The molecule has 0 aromatic rings. The van der Waals surface area contributed by atoms with Gasteiger partial charge in [0.25, 0.3) is 0 Å². The molecule has 0 aliphatic heterocycles. The van der Waals surface area contributed by atoms with Gasteiger partial charge in [-0.2, -0.15) is 0 Å². The Bertz CT molecular complexity index is 391. The Morgan fingerprint density at radius 1 is 1.05 bits per heavy atom. The second-order valence-electron chi connectivity index (χ2n) is 5.45. The van der Waals surface area contributed by atoms with Gasteiger partial charge in [0.15, 0.2) is 0 Å². The summed E-state index contributed by atoms with van der Waals surface area (Å²) in [6.45, 7) is 4.37. The highest BCUT2D eigenvalue weighted by Gasteiger charge is 2.00. The highest BCUT2D eigenvalue weighted by atomic mass is 16.4. The summed E-state index contributed by atoms with van der Waals surface area (Å²) in [4.78, 5) is 10.3. The van der Waals surface area contributed by atoms with E-state index >= 15 is 0 Å². The Balaban J connectivity index is 3.71. The summed E-state index contributed by atoms with van der Waals surface area (Å²) in [7, 11) is 0. The number of aliphatic hydroxyl groups is 1. The molecule has 0 saturated heterocycles. The van der Waals surface area contributed by atoms with E-state index in [1.54, 1.807) is 6.08 Å². The van der Waals surface area contributed by atoms with E-state index in [-0.39, 0.29) is 6.42 Å². The normalized spacial score (nSPS) is 15.4. The van der Waals surface area contributed by atoms with Crippen LogP contribution in [0.1, 0.15) is 52.4 Å². The maximum atomic E-state index is 10.3. The molecule has 2 unspecified atom stereocenters. The molecule has 0 bridgehead atoms. The number of rotatable bonds is 12. The molecule has 0 aliphatic rings. The molecule has 0 fully saturated rings. The summed E-state index contributed by atoms with van der Waals surface area (Å²) in [6.07, 6.45) is 19.6. The second-order valence-corrected chi connectivity index (χ2v) is 5.45. The molecule has 0 aromatic carbocycles. The van der Waals surface area contributed by atoms with Gasteiger partial charge in [-0.15, -0.1) is 0 Å². The van der Waals surface area contributed by atoms with Gasteiger partial charge in [-0.05, 0) is 31.6 Å². The zero-order valence-electron chi connectivity index (χ0n) is 13.8. The van der Waals surface area contributed by atoms with E-state index in [9.17, 15) is 9.90 Å². The predicted molar refractivity (Wildman–Crippen MR) is 92.7 cm³/mol. The summed E-state index contributed by atoms with van der Waals surface area (Å²) < 4.78 is 0. The van der Waals surface area contributed by atoms with Gasteiger partial charge >= 0.3 is 5.97 Å². The van der Waals surface area contributed by atoms with Crippen molar-refractivity contribution in [2.24, 2.45) is 5.92 Å². The van der Waals surface area contributed by atoms with Crippen LogP contribution in [0, 0.1) is 5.92 Å². The largest absolute Gasteiger partial charge is 0.481 e. The molecular formula is C19H30O3. The van der Waals surface area contributed by atoms with Gasteiger partial charge in [0.05, 0.1) is 6.10 Å². The minimum absolute atomic E-state index is 0.175. The Kier molecular flexibility index (Phi) is 13.3. The van der Waals surface area contributed by atoms with Crippen molar-refractivity contribution >= 4 is 5.97 Å². The molecule has 0 aromatic heterocycles. The molecule has 0 amide bonds. The van der Waals surface area contributed by atoms with Gasteiger partial charge in [-0.25, -0.2) is 0 Å². The molecule has 0 rings (SSSR count). The third-order valence-corrected chi connectivity index (χ3v) is 3.32. The fourth-order valence-corrected chi connectivity index (χ4v) is 1.70. The second kappa shape index (κ2) is 14.3. The van der Waals surface area contributed by atoms with Crippen LogP contribution in [0.5, 0.6) is 0 Å². The van der Waals surface area contributed by atoms with Crippen LogP contribution < -0.4 is 0 Å². The van der Waals surface area contributed by atoms with E-state index in [1.807, 2.05) is 18.2 Å². The van der Waals surface area contributed by atoms with Crippen LogP contribution in [-0.4, -0.2) is 22.3 Å². The minimum atomic E-state index is -0.778. The Hall–Kier alpha value is -1.61. The maximum absolute atomic E-state index is 10.3. The van der Waals surface area contributed by atoms with Gasteiger partial charge in [0.1, 0.15) is 0 Å². The van der Waals surface area contributed by atoms with Crippen molar-refractivity contribution in [2.45, 2.75) is 58.5 Å². The number of hydrogen-bond acceptors (Lipinski definition) is 2. The molecule has 3 nitrogen and oxygen atoms in total. The Morgan fingerprint density at radius 3 is 2.27 bits per heavy atom. The highest BCUT2D eigenvalue weighted by Crippen LogP contribution is 2.05. The Morgan fingerprint density at radius 2 is 1.68 bits per heavy atom. The van der Waals surface area contributed by atoms with Crippen molar-refractivity contribution in [1.82, 2.24) is 0 Å². The zero-order valence-corrected chi connectivity index (χ0v) is 13.8. The first-order chi connectivity index (χ1) is 10.6. The van der Waals surface area contributed by atoms with Crippen LogP contribution >= 0.6 is 0 Å². The van der Waals surface area contributed by atoms with Crippen molar-refractivity contribution in [3.8, 4) is 0 Å². The third-order valence-electron chi connectivity index (χ3n) is 3.32. The molecule has 3 heteroatoms. The molecular weight excluding hydrogens is 276 g/mol. The molecule has 22 heavy (non-hydrogen) atoms. The number of allylic oxidation sites excluding steroid dienone is 7. The summed E-state index contributed by atoms with van der Waals surface area (Å²) in [5.74, 6) is -0.153. The minimum Gasteiger partial charge on any atom is -0.481 e. The van der Waals surface area contributed by atoms with Crippen LogP contribution in [0.25, 0.3) is 0 Å². The first-order valence-electron chi connectivity index (χ1n) is 8.12. The number of carboxylic acid groups (broad SMARTS) is 1. The van der Waals surface area contributed by atoms with E-state index in [0.29, 0.717) is 18.8 Å². The van der Waals surface area contributed by atoms with E-state index in [1.165, 1.54) is 0 Å². The average molecular weight is 306 g/mol. The van der Waals surface area contributed by atoms with Crippen LogP contribution in [0.2, 0.25) is 0 Å². The van der Waals surface area contributed by atoms with Crippen LogP contribution in [-0.2, 0) is 4.79 Å². The monoisotopic (exact) mass is 306 g/mol. The number of carbonyl (C=O) groups is 1. The summed E-state index contributed by atoms with van der Waals surface area (Å²) in [5, 5.41) is 18.2. The van der Waals surface area contributed by atoms with E-state index in [0.717, 1.165) is 19.3 Å². The van der Waals surface area contributed by atoms with Crippen LogP contribution in [0.15, 0.2) is 48.6 Å². The summed E-state index contributed by atoms with van der Waals surface area (Å²) >= 11 is 0. The van der Waals surface area contributed by atoms with Crippen LogP contribution in [0.4, 0.5) is 0 Å². The van der Waals surface area contributed by atoms with E-state index < -0.39 is 12.1 Å². The zero-order chi connectivity index (χ0) is 16.6. The van der Waals surface area contributed by atoms with Crippen molar-refractivity contribution in [3.63, 3.8) is 0 Å². The SMILES string of the molecule is CCC(C)/C=C/C=C\C/C=C\C=C/C(O)CCCCC(=O)O. The number of aliphatic carboxylic acids is 1. The van der Waals surface area contributed by atoms with Crippen molar-refractivity contribution in [1.29, 1.82) is 0 Å². The van der Waals surface area contributed by atoms with Crippen molar-refractivity contribution in [2.75, 3.05) is 0 Å². The summed E-state index contributed by atoms with van der Waals surface area (Å²) in [6, 6.07) is 0. The van der Waals surface area contributed by atoms with Gasteiger partial charge in [-0.1, -0.05) is 68.9 Å². The van der Waals surface area contributed by atoms with Gasteiger partial charge in [0.2, 0.25) is 0 Å². The Labute approximate surface area is 134 Å². The maximum Gasteiger partial charge on any atom is 0.303 e. The lowest BCUT2D eigenvalue weighted by Gasteiger charge is -2.03. The van der Waals surface area contributed by atoms with Gasteiger partial charge in [0, 0.05) is 6.42 Å². The molecule has 2 atom stereocenters. The smallest absolute Gasteiger partial charge is 0.303 e. The summed E-state index contributed by atoms with van der Waals surface area (Å²) in [5.41, 5.74) is 0. The molecule has 0 heterocycles. The fraction of sp³-hybridized carbons (Fsp3) is 0.526. The lowest BCUT2D eigenvalue weighted by Crippen LogP contribution is -2.02. The van der Waals surface area contributed by atoms with Crippen LogP contribution in [0.3, 0.4) is 0 Å². The first kappa shape index (κ1) is 20.4. The molecule has 0 saturated carbocycles. The van der Waals surface area contributed by atoms with E-state index in [4.69, 9.17) is 5.11 Å². The lowest BCUT2D eigenvalue weighted by atomic mass is 10.1. The third kappa shape index (κ3) is 14.8. The molecule has 2 N–H and O–H groups in total. The molecule has 0 aliphatic carbocycles. The lowest BCUT2D eigenvalue weighted by molar-refractivity contribution is -0.137. The fourth-order valence-electron chi connectivity index (χ4n) is 1.70. The predicted octanol–water partition coefficient (Wildman–Crippen LogP) is 4.65. The number of hydrogen-bond donors (Lipinski definition) is 2. The average Bonchev–Trinajstić information content (AvgIpc) is 2.49. The van der Waals surface area contributed by atoms with E-state index in [2.05, 4.69) is 38.2 Å². The topological polar surface area (TPSA) is 57.5 Å². The number of unbranched alkanes of at least 4 members (excludes halogenated alkanes) is 1. The van der Waals surface area contributed by atoms with Gasteiger partial charge in [-0.3, -0.25) is 4.79 Å². The molecule has 124 valence electrons. The highest BCUT2D eigenvalue weighted by molar-refractivity contribution is 5.66. The number of carboxylic acids is 1. The first-order valence-corrected chi connectivity index (χ1v) is 8.12. The van der Waals surface area contributed by atoms with Crippen molar-refractivity contribution < 1.29 is 15.0 Å². The molecule has 0 spiro atoms. The van der Waals surface area contributed by atoms with Gasteiger partial charge < -0.3 is 10.2 Å². The van der Waals surface area contributed by atoms with Crippen molar-refractivity contribution in [3.05, 3.63) is 48.6 Å². The standard InChI is InChI=1S/C19H30O3/c1-3-17(2)13-9-7-5-4-6-8-10-14-18(20)15-11-12-16-19(21)22/h5-10,13-14,17-18,20H,3-4,11-12,15-16H2,1-2H3,(H,21,22)/b7-5-,8-6-,13-9+,14-10-.